The largest absolute Gasteiger partial charge is 0.464 e. The smallest absolute Gasteiger partial charge is 0.328 e. The Morgan fingerprint density at radius 3 is 2.80 bits per heavy atom. The Bertz CT molecular complexity index is 277. The summed E-state index contributed by atoms with van der Waals surface area (Å²) in [6.45, 7) is 2.02. The fourth-order valence-corrected chi connectivity index (χ4v) is 1.25. The molecular weight excluding hydrogens is 200 g/mol. The fraction of sp³-hybridized carbons (Fsp3) is 0.667. The van der Waals surface area contributed by atoms with Gasteiger partial charge >= 0.3 is 5.97 Å². The van der Waals surface area contributed by atoms with Gasteiger partial charge in [-0.05, 0) is 0 Å². The van der Waals surface area contributed by atoms with Crippen LogP contribution in [-0.4, -0.2) is 37.0 Å². The maximum Gasteiger partial charge on any atom is 0.328 e. The van der Waals surface area contributed by atoms with Crippen molar-refractivity contribution in [2.75, 3.05) is 13.2 Å². The van der Waals surface area contributed by atoms with Crippen LogP contribution in [0.4, 0.5) is 0 Å². The van der Waals surface area contributed by atoms with E-state index in [1.807, 2.05) is 0 Å². The van der Waals surface area contributed by atoms with Gasteiger partial charge in [-0.1, -0.05) is 0 Å². The highest BCUT2D eigenvalue weighted by atomic mass is 16.5. The van der Waals surface area contributed by atoms with Crippen molar-refractivity contribution in [3.63, 3.8) is 0 Å². The highest BCUT2D eigenvalue weighted by Crippen LogP contribution is 2.05. The molecule has 0 bridgehead atoms. The van der Waals surface area contributed by atoms with Crippen molar-refractivity contribution in [3.05, 3.63) is 0 Å². The molecule has 0 aromatic rings. The zero-order valence-electron chi connectivity index (χ0n) is 8.54. The van der Waals surface area contributed by atoms with E-state index in [1.165, 1.54) is 6.92 Å². The quantitative estimate of drug-likeness (QED) is 0.584. The molecule has 1 aliphatic rings. The molecule has 15 heavy (non-hydrogen) atoms. The second kappa shape index (κ2) is 5.33. The minimum absolute atomic E-state index is 0.170. The summed E-state index contributed by atoms with van der Waals surface area (Å²) in [6.07, 6.45) is 0.689. The maximum absolute atomic E-state index is 11.3. The summed E-state index contributed by atoms with van der Waals surface area (Å²) in [6, 6.07) is -0.519. The van der Waals surface area contributed by atoms with E-state index in [1.54, 1.807) is 0 Å². The van der Waals surface area contributed by atoms with Crippen LogP contribution in [0.15, 0.2) is 0 Å². The normalized spacial score (nSPS) is 19.5. The van der Waals surface area contributed by atoms with E-state index in [-0.39, 0.29) is 30.7 Å². The number of carbonyl (C=O) groups is 3. The third kappa shape index (κ3) is 3.97. The van der Waals surface area contributed by atoms with Crippen LogP contribution >= 0.6 is 0 Å². The van der Waals surface area contributed by atoms with Gasteiger partial charge < -0.3 is 15.4 Å². The van der Waals surface area contributed by atoms with Crippen molar-refractivity contribution < 1.29 is 19.1 Å². The topological polar surface area (TPSA) is 84.5 Å². The molecule has 1 heterocycles. The summed E-state index contributed by atoms with van der Waals surface area (Å²) in [4.78, 5) is 32.7. The van der Waals surface area contributed by atoms with Gasteiger partial charge in [0.15, 0.2) is 0 Å². The first kappa shape index (κ1) is 11.5. The van der Waals surface area contributed by atoms with Crippen LogP contribution in [0.3, 0.4) is 0 Å². The Hall–Kier alpha value is -1.59. The molecule has 0 aromatic carbocycles. The van der Waals surface area contributed by atoms with Crippen LogP contribution in [0.1, 0.15) is 19.8 Å². The first-order valence-corrected chi connectivity index (χ1v) is 4.80. The first-order valence-electron chi connectivity index (χ1n) is 4.80. The van der Waals surface area contributed by atoms with Gasteiger partial charge in [-0.15, -0.1) is 0 Å². The van der Waals surface area contributed by atoms with Crippen LogP contribution in [0.25, 0.3) is 0 Å². The van der Waals surface area contributed by atoms with Gasteiger partial charge in [0.25, 0.3) is 0 Å². The van der Waals surface area contributed by atoms with Crippen molar-refractivity contribution in [2.24, 2.45) is 0 Å². The van der Waals surface area contributed by atoms with E-state index in [0.29, 0.717) is 13.0 Å². The zero-order valence-corrected chi connectivity index (χ0v) is 8.54. The fourth-order valence-electron chi connectivity index (χ4n) is 1.25. The monoisotopic (exact) mass is 214 g/mol. The Morgan fingerprint density at radius 1 is 1.53 bits per heavy atom. The molecule has 6 heteroatoms. The van der Waals surface area contributed by atoms with Gasteiger partial charge in [0.1, 0.15) is 6.04 Å². The van der Waals surface area contributed by atoms with Crippen LogP contribution in [0.2, 0.25) is 0 Å². The van der Waals surface area contributed by atoms with Crippen molar-refractivity contribution in [2.45, 2.75) is 25.8 Å². The SMILES string of the molecule is CC(=O)NCCC(=O)N[C@H]1CCOC1=O. The lowest BCUT2D eigenvalue weighted by atomic mass is 10.2. The molecule has 1 fully saturated rings. The predicted octanol–water partition coefficient (Wildman–Crippen LogP) is -1.06. The van der Waals surface area contributed by atoms with Crippen LogP contribution in [0, 0.1) is 0 Å². The first-order chi connectivity index (χ1) is 7.09. The van der Waals surface area contributed by atoms with Gasteiger partial charge in [-0.2, -0.15) is 0 Å². The molecule has 1 rings (SSSR count). The van der Waals surface area contributed by atoms with Crippen molar-refractivity contribution in [3.8, 4) is 0 Å². The number of amides is 2. The molecule has 0 radical (unpaired) electrons. The van der Waals surface area contributed by atoms with E-state index in [0.717, 1.165) is 0 Å². The van der Waals surface area contributed by atoms with Crippen LogP contribution < -0.4 is 10.6 Å². The van der Waals surface area contributed by atoms with E-state index in [9.17, 15) is 14.4 Å². The molecule has 1 saturated heterocycles. The zero-order chi connectivity index (χ0) is 11.3. The third-order valence-corrected chi connectivity index (χ3v) is 2.00. The summed E-state index contributed by atoms with van der Waals surface area (Å²) in [7, 11) is 0. The summed E-state index contributed by atoms with van der Waals surface area (Å²) >= 11 is 0. The van der Waals surface area contributed by atoms with Gasteiger partial charge in [0.05, 0.1) is 6.61 Å². The van der Waals surface area contributed by atoms with Crippen LogP contribution in [-0.2, 0) is 19.1 Å². The van der Waals surface area contributed by atoms with Gasteiger partial charge in [-0.3, -0.25) is 9.59 Å². The van der Waals surface area contributed by atoms with Crippen molar-refractivity contribution in [1.82, 2.24) is 10.6 Å². The van der Waals surface area contributed by atoms with Crippen molar-refractivity contribution in [1.29, 1.82) is 0 Å². The molecule has 1 aliphatic heterocycles. The van der Waals surface area contributed by atoms with E-state index in [4.69, 9.17) is 0 Å². The number of esters is 1. The summed E-state index contributed by atoms with van der Waals surface area (Å²) in [5.74, 6) is -0.821. The molecule has 0 aromatic heterocycles. The van der Waals surface area contributed by atoms with Crippen molar-refractivity contribution >= 4 is 17.8 Å². The molecule has 0 unspecified atom stereocenters. The second-order valence-electron chi connectivity index (χ2n) is 3.31. The number of carbonyl (C=O) groups excluding carboxylic acids is 3. The average Bonchev–Trinajstić information content (AvgIpc) is 2.51. The minimum Gasteiger partial charge on any atom is -0.464 e. The lowest BCUT2D eigenvalue weighted by Gasteiger charge is -2.08. The molecule has 2 amide bonds. The number of hydrogen-bond donors (Lipinski definition) is 2. The Balaban J connectivity index is 2.18. The van der Waals surface area contributed by atoms with Gasteiger partial charge in [0.2, 0.25) is 11.8 Å². The number of nitrogens with one attached hydrogen (secondary N) is 2. The summed E-state index contributed by atoms with van der Waals surface area (Å²) in [5.41, 5.74) is 0. The maximum atomic E-state index is 11.3. The number of ether oxygens (including phenoxy) is 1. The van der Waals surface area contributed by atoms with E-state index in [2.05, 4.69) is 15.4 Å². The third-order valence-electron chi connectivity index (χ3n) is 2.00. The molecular formula is C9H14N2O4. The molecule has 2 N–H and O–H groups in total. The average molecular weight is 214 g/mol. The Kier molecular flexibility index (Phi) is 4.08. The molecule has 6 nitrogen and oxygen atoms in total. The molecule has 0 saturated carbocycles. The molecule has 0 spiro atoms. The molecule has 1 atom stereocenters. The van der Waals surface area contributed by atoms with E-state index >= 15 is 0 Å². The van der Waals surface area contributed by atoms with Crippen LogP contribution in [0.5, 0.6) is 0 Å². The minimum atomic E-state index is -0.519. The summed E-state index contributed by atoms with van der Waals surface area (Å²) in [5, 5.41) is 5.03. The number of cyclic esters (lactones) is 1. The number of rotatable bonds is 4. The molecule has 0 aliphatic carbocycles. The number of hydrogen-bond acceptors (Lipinski definition) is 4. The molecule has 84 valence electrons. The highest BCUT2D eigenvalue weighted by molar-refractivity contribution is 5.85. The van der Waals surface area contributed by atoms with Gasteiger partial charge in [-0.25, -0.2) is 4.79 Å². The second-order valence-corrected chi connectivity index (χ2v) is 3.31. The van der Waals surface area contributed by atoms with E-state index < -0.39 is 6.04 Å². The predicted molar refractivity (Wildman–Crippen MR) is 50.8 cm³/mol. The lowest BCUT2D eigenvalue weighted by Crippen LogP contribution is -2.39. The standard InChI is InChI=1S/C9H14N2O4/c1-6(12)10-4-2-8(13)11-7-3-5-15-9(7)14/h7H,2-5H2,1H3,(H,10,12)(H,11,13)/t7-/m0/s1. The Morgan fingerprint density at radius 2 is 2.27 bits per heavy atom. The Labute approximate surface area is 87.4 Å². The highest BCUT2D eigenvalue weighted by Gasteiger charge is 2.27. The lowest BCUT2D eigenvalue weighted by molar-refractivity contribution is -0.141. The van der Waals surface area contributed by atoms with Gasteiger partial charge in [0, 0.05) is 26.3 Å². The summed E-state index contributed by atoms with van der Waals surface area (Å²) < 4.78 is 4.69.